The van der Waals surface area contributed by atoms with Crippen LogP contribution in [0.3, 0.4) is 0 Å². The van der Waals surface area contributed by atoms with Gasteiger partial charge in [0.2, 0.25) is 5.91 Å². The van der Waals surface area contributed by atoms with Crippen LogP contribution in [0.5, 0.6) is 5.75 Å². The first-order valence-electron chi connectivity index (χ1n) is 7.00. The Morgan fingerprint density at radius 2 is 2.20 bits per heavy atom. The van der Waals surface area contributed by atoms with Crippen molar-refractivity contribution >= 4 is 23.2 Å². The molecule has 1 atom stereocenters. The predicted molar refractivity (Wildman–Crippen MR) is 79.3 cm³/mol. The minimum absolute atomic E-state index is 0.119. The number of piperidine rings is 1. The molecule has 4 nitrogen and oxygen atoms in total. The zero-order valence-electron chi connectivity index (χ0n) is 11.5. The summed E-state index contributed by atoms with van der Waals surface area (Å²) in [6, 6.07) is 5.32. The highest BCUT2D eigenvalue weighted by Crippen LogP contribution is 2.58. The highest BCUT2D eigenvalue weighted by Gasteiger charge is 2.57. The van der Waals surface area contributed by atoms with Crippen LogP contribution in [0.25, 0.3) is 0 Å². The molecule has 1 aliphatic carbocycles. The van der Waals surface area contributed by atoms with Gasteiger partial charge in [-0.1, -0.05) is 11.6 Å². The van der Waals surface area contributed by atoms with Gasteiger partial charge in [0.05, 0.1) is 12.1 Å². The van der Waals surface area contributed by atoms with Crippen molar-refractivity contribution in [3.8, 4) is 5.75 Å². The minimum atomic E-state index is 0.119. The van der Waals surface area contributed by atoms with Crippen LogP contribution in [0.2, 0.25) is 5.02 Å². The average molecular weight is 295 g/mol. The fourth-order valence-corrected chi connectivity index (χ4v) is 3.43. The molecule has 1 aliphatic heterocycles. The molecule has 108 valence electrons. The van der Waals surface area contributed by atoms with Crippen LogP contribution in [-0.4, -0.2) is 26.1 Å². The van der Waals surface area contributed by atoms with E-state index in [0.717, 1.165) is 38.0 Å². The third-order valence-electron chi connectivity index (χ3n) is 4.52. The maximum Gasteiger partial charge on any atom is 0.228 e. The molecule has 20 heavy (non-hydrogen) atoms. The van der Waals surface area contributed by atoms with Gasteiger partial charge < -0.3 is 15.4 Å². The molecule has 0 bridgehead atoms. The summed E-state index contributed by atoms with van der Waals surface area (Å²) in [7, 11) is 1.57. The molecule has 1 heterocycles. The number of nitrogens with one attached hydrogen (secondary N) is 2. The van der Waals surface area contributed by atoms with E-state index in [9.17, 15) is 4.79 Å². The van der Waals surface area contributed by atoms with Crippen molar-refractivity contribution in [3.05, 3.63) is 23.2 Å². The SMILES string of the molecule is COc1ccc(NC(=O)[C@H]2CC23CCNCC3)cc1Cl. The molecule has 0 aromatic heterocycles. The number of carbonyl (C=O) groups is 1. The van der Waals surface area contributed by atoms with Crippen molar-refractivity contribution in [2.24, 2.45) is 11.3 Å². The molecule has 2 fully saturated rings. The van der Waals surface area contributed by atoms with Crippen molar-refractivity contribution in [1.29, 1.82) is 0 Å². The molecule has 1 aromatic rings. The number of hydrogen-bond acceptors (Lipinski definition) is 3. The predicted octanol–water partition coefficient (Wildman–Crippen LogP) is 2.68. The van der Waals surface area contributed by atoms with Crippen LogP contribution in [0.4, 0.5) is 5.69 Å². The zero-order valence-corrected chi connectivity index (χ0v) is 12.3. The monoisotopic (exact) mass is 294 g/mol. The Balaban J connectivity index is 1.64. The number of halogens is 1. The Bertz CT molecular complexity index is 527. The molecule has 1 saturated carbocycles. The summed E-state index contributed by atoms with van der Waals surface area (Å²) >= 11 is 6.07. The van der Waals surface area contributed by atoms with Crippen LogP contribution < -0.4 is 15.4 Å². The van der Waals surface area contributed by atoms with Gasteiger partial charge in [-0.2, -0.15) is 0 Å². The molecule has 1 amide bonds. The number of amides is 1. The van der Waals surface area contributed by atoms with E-state index in [2.05, 4.69) is 10.6 Å². The molecule has 0 radical (unpaired) electrons. The van der Waals surface area contributed by atoms with Crippen LogP contribution in [-0.2, 0) is 4.79 Å². The van der Waals surface area contributed by atoms with Gasteiger partial charge in [0.25, 0.3) is 0 Å². The van der Waals surface area contributed by atoms with Crippen molar-refractivity contribution in [1.82, 2.24) is 5.32 Å². The van der Waals surface area contributed by atoms with Gasteiger partial charge in [-0.05, 0) is 56.0 Å². The van der Waals surface area contributed by atoms with Crippen molar-refractivity contribution < 1.29 is 9.53 Å². The summed E-state index contributed by atoms with van der Waals surface area (Å²) in [5, 5.41) is 6.83. The lowest BCUT2D eigenvalue weighted by Crippen LogP contribution is -2.31. The van der Waals surface area contributed by atoms with Gasteiger partial charge in [0, 0.05) is 11.6 Å². The first-order valence-corrected chi connectivity index (χ1v) is 7.37. The van der Waals surface area contributed by atoms with Crippen molar-refractivity contribution in [2.45, 2.75) is 19.3 Å². The van der Waals surface area contributed by atoms with Crippen LogP contribution in [0.1, 0.15) is 19.3 Å². The van der Waals surface area contributed by atoms with Crippen molar-refractivity contribution in [2.75, 3.05) is 25.5 Å². The first-order chi connectivity index (χ1) is 9.64. The number of ether oxygens (including phenoxy) is 1. The zero-order chi connectivity index (χ0) is 14.2. The standard InChI is InChI=1S/C15H19ClN2O2/c1-20-13-3-2-10(8-12(13)16)18-14(19)11-9-15(11)4-6-17-7-5-15/h2-3,8,11,17H,4-7,9H2,1H3,(H,18,19)/t11-/m1/s1. The van der Waals surface area contributed by atoms with E-state index in [4.69, 9.17) is 16.3 Å². The Morgan fingerprint density at radius 3 is 2.85 bits per heavy atom. The van der Waals surface area contributed by atoms with Gasteiger partial charge in [0.1, 0.15) is 5.75 Å². The highest BCUT2D eigenvalue weighted by molar-refractivity contribution is 6.32. The second-order valence-corrected chi connectivity index (χ2v) is 6.11. The number of carbonyl (C=O) groups excluding carboxylic acids is 1. The molecule has 1 aromatic carbocycles. The molecular formula is C15H19ClN2O2. The lowest BCUT2D eigenvalue weighted by atomic mass is 9.92. The average Bonchev–Trinajstić information content (AvgIpc) is 3.13. The van der Waals surface area contributed by atoms with Crippen LogP contribution >= 0.6 is 11.6 Å². The fourth-order valence-electron chi connectivity index (χ4n) is 3.17. The lowest BCUT2D eigenvalue weighted by Gasteiger charge is -2.23. The van der Waals surface area contributed by atoms with Gasteiger partial charge in [0.15, 0.2) is 0 Å². The molecule has 0 unspecified atom stereocenters. The van der Waals surface area contributed by atoms with Gasteiger partial charge in [-0.3, -0.25) is 4.79 Å². The summed E-state index contributed by atoms with van der Waals surface area (Å²) in [6.07, 6.45) is 3.23. The van der Waals surface area contributed by atoms with E-state index >= 15 is 0 Å². The van der Waals surface area contributed by atoms with E-state index < -0.39 is 0 Å². The van der Waals surface area contributed by atoms with E-state index in [0.29, 0.717) is 10.8 Å². The third kappa shape index (κ3) is 2.50. The number of methoxy groups -OCH3 is 1. The topological polar surface area (TPSA) is 50.4 Å². The molecule has 3 rings (SSSR count). The third-order valence-corrected chi connectivity index (χ3v) is 4.82. The summed E-state index contributed by atoms with van der Waals surface area (Å²) < 4.78 is 5.10. The number of hydrogen-bond donors (Lipinski definition) is 2. The highest BCUT2D eigenvalue weighted by atomic mass is 35.5. The Labute approximate surface area is 123 Å². The smallest absolute Gasteiger partial charge is 0.228 e. The quantitative estimate of drug-likeness (QED) is 0.901. The fraction of sp³-hybridized carbons (Fsp3) is 0.533. The second kappa shape index (κ2) is 5.26. The van der Waals surface area contributed by atoms with Crippen molar-refractivity contribution in [3.63, 3.8) is 0 Å². The Hall–Kier alpha value is -1.26. The lowest BCUT2D eigenvalue weighted by molar-refractivity contribution is -0.118. The van der Waals surface area contributed by atoms with Gasteiger partial charge >= 0.3 is 0 Å². The molecule has 5 heteroatoms. The molecule has 1 saturated heterocycles. The molecule has 2 aliphatic rings. The summed E-state index contributed by atoms with van der Waals surface area (Å²) in [5.41, 5.74) is 0.989. The Kier molecular flexibility index (Phi) is 3.61. The number of anilines is 1. The van der Waals surface area contributed by atoms with Gasteiger partial charge in [-0.25, -0.2) is 0 Å². The largest absolute Gasteiger partial charge is 0.495 e. The van der Waals surface area contributed by atoms with E-state index in [1.165, 1.54) is 0 Å². The second-order valence-electron chi connectivity index (χ2n) is 5.71. The first kappa shape index (κ1) is 13.7. The van der Waals surface area contributed by atoms with E-state index in [-0.39, 0.29) is 17.2 Å². The van der Waals surface area contributed by atoms with Crippen LogP contribution in [0.15, 0.2) is 18.2 Å². The minimum Gasteiger partial charge on any atom is -0.495 e. The molecule has 1 spiro atoms. The maximum absolute atomic E-state index is 12.3. The number of benzene rings is 1. The van der Waals surface area contributed by atoms with E-state index in [1.54, 1.807) is 19.2 Å². The van der Waals surface area contributed by atoms with Crippen LogP contribution in [0, 0.1) is 11.3 Å². The van der Waals surface area contributed by atoms with E-state index in [1.807, 2.05) is 6.07 Å². The normalized spacial score (nSPS) is 23.4. The van der Waals surface area contributed by atoms with Gasteiger partial charge in [-0.15, -0.1) is 0 Å². The molecular weight excluding hydrogens is 276 g/mol. The molecule has 2 N–H and O–H groups in total. The number of rotatable bonds is 3. The maximum atomic E-state index is 12.3. The Morgan fingerprint density at radius 1 is 1.45 bits per heavy atom. The summed E-state index contributed by atoms with van der Waals surface area (Å²) in [6.45, 7) is 2.05. The summed E-state index contributed by atoms with van der Waals surface area (Å²) in [4.78, 5) is 12.3. The summed E-state index contributed by atoms with van der Waals surface area (Å²) in [5.74, 6) is 0.893.